The van der Waals surface area contributed by atoms with Gasteiger partial charge in [0.05, 0.1) is 13.2 Å². The second kappa shape index (κ2) is 7.98. The van der Waals surface area contributed by atoms with E-state index in [2.05, 4.69) is 0 Å². The number of hydrogen-bond donors (Lipinski definition) is 3. The van der Waals surface area contributed by atoms with Gasteiger partial charge in [-0.1, -0.05) is 0 Å². The van der Waals surface area contributed by atoms with Crippen molar-refractivity contribution in [2.45, 2.75) is 24.4 Å². The first-order chi connectivity index (χ1) is 7.15. The molecular formula is C9H20O6. The Labute approximate surface area is 89.4 Å². The van der Waals surface area contributed by atoms with Gasteiger partial charge in [0.2, 0.25) is 0 Å². The molecule has 0 aromatic rings. The molecule has 6 heteroatoms. The molecule has 0 unspecified atom stereocenters. The second-order valence-corrected chi connectivity index (χ2v) is 3.10. The van der Waals surface area contributed by atoms with E-state index in [0.717, 1.165) is 0 Å². The number of aliphatic hydroxyl groups is 3. The summed E-state index contributed by atoms with van der Waals surface area (Å²) in [5.74, 6) is 0. The summed E-state index contributed by atoms with van der Waals surface area (Å²) in [6.07, 6.45) is -3.24. The van der Waals surface area contributed by atoms with Crippen molar-refractivity contribution in [2.24, 2.45) is 0 Å². The van der Waals surface area contributed by atoms with E-state index in [1.165, 1.54) is 21.3 Å². The fraction of sp³-hybridized carbons (Fsp3) is 1.00. The molecule has 0 radical (unpaired) electrons. The molecule has 92 valence electrons. The molecule has 0 aromatic carbocycles. The van der Waals surface area contributed by atoms with Crippen molar-refractivity contribution in [1.82, 2.24) is 0 Å². The van der Waals surface area contributed by atoms with Gasteiger partial charge >= 0.3 is 0 Å². The minimum Gasteiger partial charge on any atom is -0.394 e. The van der Waals surface area contributed by atoms with E-state index in [9.17, 15) is 5.11 Å². The summed E-state index contributed by atoms with van der Waals surface area (Å²) in [6, 6.07) is 0. The number of methoxy groups -OCH3 is 3. The minimum absolute atomic E-state index is 0.284. The molecule has 0 saturated heterocycles. The highest BCUT2D eigenvalue weighted by Gasteiger charge is 2.33. The zero-order chi connectivity index (χ0) is 11.8. The monoisotopic (exact) mass is 224 g/mol. The molecule has 0 fully saturated rings. The number of rotatable bonds is 8. The highest BCUT2D eigenvalue weighted by atomic mass is 16.6. The smallest absolute Gasteiger partial charge is 0.114 e. The van der Waals surface area contributed by atoms with Gasteiger partial charge in [-0.2, -0.15) is 0 Å². The standard InChI is InChI=1S/C9H20O6/c1-13-6(4-10)8(12)9(15-3)7(5-11)14-2/h6-12H,4-5H2,1-3H3/t6-,7+,8-,9-/m1/s1. The van der Waals surface area contributed by atoms with Crippen LogP contribution in [0.5, 0.6) is 0 Å². The number of ether oxygens (including phenoxy) is 3. The number of hydrogen-bond acceptors (Lipinski definition) is 6. The molecule has 0 spiro atoms. The van der Waals surface area contributed by atoms with Gasteiger partial charge in [0.25, 0.3) is 0 Å². The van der Waals surface area contributed by atoms with Gasteiger partial charge in [-0.25, -0.2) is 0 Å². The van der Waals surface area contributed by atoms with E-state index < -0.39 is 24.4 Å². The molecule has 0 aromatic heterocycles. The molecule has 0 aliphatic heterocycles. The lowest BCUT2D eigenvalue weighted by Crippen LogP contribution is -2.49. The van der Waals surface area contributed by atoms with Gasteiger partial charge in [0.1, 0.15) is 24.4 Å². The van der Waals surface area contributed by atoms with E-state index in [1.54, 1.807) is 0 Å². The molecule has 0 aliphatic carbocycles. The average Bonchev–Trinajstić information content (AvgIpc) is 2.27. The van der Waals surface area contributed by atoms with E-state index >= 15 is 0 Å². The summed E-state index contributed by atoms with van der Waals surface area (Å²) in [6.45, 7) is -0.618. The van der Waals surface area contributed by atoms with Crippen LogP contribution in [0, 0.1) is 0 Å². The SMILES string of the molecule is CO[C@@H]([C@H](O)[C@@H](CO)OC)[C@H](CO)OC. The van der Waals surface area contributed by atoms with E-state index in [4.69, 9.17) is 24.4 Å². The van der Waals surface area contributed by atoms with Crippen LogP contribution in [-0.4, -0.2) is 74.3 Å². The predicted octanol–water partition coefficient (Wildman–Crippen LogP) is -1.62. The average molecular weight is 224 g/mol. The maximum absolute atomic E-state index is 9.80. The Hall–Kier alpha value is -0.240. The molecule has 0 bridgehead atoms. The predicted molar refractivity (Wildman–Crippen MR) is 52.6 cm³/mol. The van der Waals surface area contributed by atoms with E-state index in [-0.39, 0.29) is 13.2 Å². The van der Waals surface area contributed by atoms with Crippen molar-refractivity contribution in [3.05, 3.63) is 0 Å². The van der Waals surface area contributed by atoms with Crippen molar-refractivity contribution in [3.63, 3.8) is 0 Å². The van der Waals surface area contributed by atoms with Crippen LogP contribution in [-0.2, 0) is 14.2 Å². The van der Waals surface area contributed by atoms with Crippen LogP contribution in [0.2, 0.25) is 0 Å². The maximum Gasteiger partial charge on any atom is 0.114 e. The van der Waals surface area contributed by atoms with Gasteiger partial charge in [-0.05, 0) is 0 Å². The van der Waals surface area contributed by atoms with Crippen LogP contribution in [0.3, 0.4) is 0 Å². The minimum atomic E-state index is -1.07. The molecule has 0 amide bonds. The topological polar surface area (TPSA) is 88.4 Å². The van der Waals surface area contributed by atoms with Crippen molar-refractivity contribution < 1.29 is 29.5 Å². The summed E-state index contributed by atoms with van der Waals surface area (Å²) < 4.78 is 14.8. The summed E-state index contributed by atoms with van der Waals surface area (Å²) in [7, 11) is 4.16. The molecule has 0 saturated carbocycles. The molecule has 15 heavy (non-hydrogen) atoms. The van der Waals surface area contributed by atoms with Crippen molar-refractivity contribution in [2.75, 3.05) is 34.5 Å². The molecule has 4 atom stereocenters. The van der Waals surface area contributed by atoms with Crippen LogP contribution in [0.25, 0.3) is 0 Å². The van der Waals surface area contributed by atoms with Gasteiger partial charge in [-0.15, -0.1) is 0 Å². The van der Waals surface area contributed by atoms with Gasteiger partial charge < -0.3 is 29.5 Å². The molecule has 0 aliphatic rings. The summed E-state index contributed by atoms with van der Waals surface area (Å²) in [4.78, 5) is 0. The fourth-order valence-electron chi connectivity index (χ4n) is 1.36. The Bertz CT molecular complexity index is 146. The van der Waals surface area contributed by atoms with Crippen LogP contribution in [0.1, 0.15) is 0 Å². The first-order valence-electron chi connectivity index (χ1n) is 4.64. The Morgan fingerprint density at radius 2 is 1.33 bits per heavy atom. The van der Waals surface area contributed by atoms with Crippen molar-refractivity contribution >= 4 is 0 Å². The highest BCUT2D eigenvalue weighted by molar-refractivity contribution is 4.83. The van der Waals surface area contributed by atoms with Gasteiger partial charge in [0.15, 0.2) is 0 Å². The Kier molecular flexibility index (Phi) is 7.85. The van der Waals surface area contributed by atoms with Gasteiger partial charge in [0, 0.05) is 21.3 Å². The lowest BCUT2D eigenvalue weighted by molar-refractivity contribution is -0.152. The van der Waals surface area contributed by atoms with Gasteiger partial charge in [-0.3, -0.25) is 0 Å². The third-order valence-electron chi connectivity index (χ3n) is 2.32. The lowest BCUT2D eigenvalue weighted by Gasteiger charge is -2.31. The molecule has 0 rings (SSSR count). The Balaban J connectivity index is 4.48. The Morgan fingerprint density at radius 3 is 1.60 bits per heavy atom. The summed E-state index contributed by atoms with van der Waals surface area (Å²) >= 11 is 0. The third-order valence-corrected chi connectivity index (χ3v) is 2.32. The first kappa shape index (κ1) is 14.8. The largest absolute Gasteiger partial charge is 0.394 e. The fourth-order valence-corrected chi connectivity index (χ4v) is 1.36. The van der Waals surface area contributed by atoms with Crippen LogP contribution < -0.4 is 0 Å². The molecule has 0 heterocycles. The normalized spacial score (nSPS) is 19.6. The van der Waals surface area contributed by atoms with Crippen molar-refractivity contribution in [1.29, 1.82) is 0 Å². The van der Waals surface area contributed by atoms with Crippen LogP contribution in [0.4, 0.5) is 0 Å². The van der Waals surface area contributed by atoms with Crippen LogP contribution in [0.15, 0.2) is 0 Å². The molecule has 3 N–H and O–H groups in total. The van der Waals surface area contributed by atoms with Crippen molar-refractivity contribution in [3.8, 4) is 0 Å². The highest BCUT2D eigenvalue weighted by Crippen LogP contribution is 2.12. The maximum atomic E-state index is 9.80. The Morgan fingerprint density at radius 1 is 0.867 bits per heavy atom. The molecular weight excluding hydrogens is 204 g/mol. The third kappa shape index (κ3) is 4.02. The van der Waals surface area contributed by atoms with Crippen LogP contribution >= 0.6 is 0 Å². The quantitative estimate of drug-likeness (QED) is 0.459. The zero-order valence-corrected chi connectivity index (χ0v) is 9.29. The summed E-state index contributed by atoms with van der Waals surface area (Å²) in [5.41, 5.74) is 0. The number of aliphatic hydroxyl groups excluding tert-OH is 3. The zero-order valence-electron chi connectivity index (χ0n) is 9.29. The first-order valence-corrected chi connectivity index (χ1v) is 4.64. The van der Waals surface area contributed by atoms with E-state index in [0.29, 0.717) is 0 Å². The van der Waals surface area contributed by atoms with E-state index in [1.807, 2.05) is 0 Å². The lowest BCUT2D eigenvalue weighted by atomic mass is 10.0. The second-order valence-electron chi connectivity index (χ2n) is 3.10. The summed E-state index contributed by atoms with van der Waals surface area (Å²) in [5, 5.41) is 27.7. The molecule has 6 nitrogen and oxygen atoms in total.